The summed E-state index contributed by atoms with van der Waals surface area (Å²) in [6.45, 7) is 5.43. The van der Waals surface area contributed by atoms with Gasteiger partial charge in [-0.05, 0) is 26.8 Å². The molecular weight excluding hydrogens is 240 g/mol. The zero-order valence-electron chi connectivity index (χ0n) is 10.7. The van der Waals surface area contributed by atoms with E-state index in [4.69, 9.17) is 4.74 Å². The van der Waals surface area contributed by atoms with E-state index in [1.807, 2.05) is 0 Å². The lowest BCUT2D eigenvalue weighted by Gasteiger charge is -2.19. The van der Waals surface area contributed by atoms with Gasteiger partial charge in [-0.2, -0.15) is 0 Å². The molecule has 0 aliphatic heterocycles. The monoisotopic (exact) mass is 257 g/mol. The Bertz CT molecular complexity index is 427. The van der Waals surface area contributed by atoms with E-state index in [1.54, 1.807) is 20.8 Å². The molecule has 0 aromatic heterocycles. The second-order valence-corrected chi connectivity index (χ2v) is 4.93. The highest BCUT2D eigenvalue weighted by Crippen LogP contribution is 2.09. The standard InChI is InChI=1S/C13H17F2NO2/c1-13(2,3)18-12(17)8-16-7-9-4-5-10(14)6-11(9)15/h4-6,16H,7-8H2,1-3H3. The van der Waals surface area contributed by atoms with Crippen molar-refractivity contribution in [2.24, 2.45) is 0 Å². The molecule has 0 aliphatic carbocycles. The SMILES string of the molecule is CC(C)(C)OC(=O)CNCc1ccc(F)cc1F. The number of hydrogen-bond donors (Lipinski definition) is 1. The normalized spacial score (nSPS) is 11.4. The van der Waals surface area contributed by atoms with Crippen LogP contribution < -0.4 is 5.32 Å². The maximum absolute atomic E-state index is 13.2. The summed E-state index contributed by atoms with van der Waals surface area (Å²) >= 11 is 0. The molecule has 3 nitrogen and oxygen atoms in total. The zero-order valence-corrected chi connectivity index (χ0v) is 10.7. The van der Waals surface area contributed by atoms with Crippen LogP contribution in [0.2, 0.25) is 0 Å². The van der Waals surface area contributed by atoms with Gasteiger partial charge in [-0.3, -0.25) is 4.79 Å². The summed E-state index contributed by atoms with van der Waals surface area (Å²) in [7, 11) is 0. The second kappa shape index (κ2) is 5.91. The number of benzene rings is 1. The van der Waals surface area contributed by atoms with Crippen molar-refractivity contribution in [1.29, 1.82) is 0 Å². The summed E-state index contributed by atoms with van der Waals surface area (Å²) in [6.07, 6.45) is 0. The fraction of sp³-hybridized carbons (Fsp3) is 0.462. The molecule has 0 saturated heterocycles. The van der Waals surface area contributed by atoms with Gasteiger partial charge in [0, 0.05) is 18.2 Å². The van der Waals surface area contributed by atoms with Crippen LogP contribution in [0.1, 0.15) is 26.3 Å². The van der Waals surface area contributed by atoms with E-state index in [1.165, 1.54) is 12.1 Å². The second-order valence-electron chi connectivity index (χ2n) is 4.93. The summed E-state index contributed by atoms with van der Waals surface area (Å²) < 4.78 is 31.0. The van der Waals surface area contributed by atoms with Crippen LogP contribution in [0.25, 0.3) is 0 Å². The molecule has 0 heterocycles. The average Bonchev–Trinajstić information content (AvgIpc) is 2.18. The van der Waals surface area contributed by atoms with E-state index >= 15 is 0 Å². The van der Waals surface area contributed by atoms with Crippen LogP contribution in [0.3, 0.4) is 0 Å². The Kier molecular flexibility index (Phi) is 4.78. The topological polar surface area (TPSA) is 38.3 Å². The van der Waals surface area contributed by atoms with Gasteiger partial charge in [0.2, 0.25) is 0 Å². The molecule has 1 rings (SSSR count). The first-order valence-electron chi connectivity index (χ1n) is 5.64. The number of halogens is 2. The third-order valence-electron chi connectivity index (χ3n) is 2.02. The predicted octanol–water partition coefficient (Wildman–Crippen LogP) is 2.40. The number of rotatable bonds is 4. The number of hydrogen-bond acceptors (Lipinski definition) is 3. The molecule has 1 aromatic carbocycles. The Morgan fingerprint density at radius 1 is 1.33 bits per heavy atom. The highest BCUT2D eigenvalue weighted by Gasteiger charge is 2.15. The van der Waals surface area contributed by atoms with Crippen LogP contribution in [0, 0.1) is 11.6 Å². The molecule has 0 bridgehead atoms. The first-order valence-corrected chi connectivity index (χ1v) is 5.64. The highest BCUT2D eigenvalue weighted by atomic mass is 19.1. The molecule has 0 amide bonds. The average molecular weight is 257 g/mol. The van der Waals surface area contributed by atoms with Gasteiger partial charge in [0.15, 0.2) is 0 Å². The van der Waals surface area contributed by atoms with Gasteiger partial charge in [-0.15, -0.1) is 0 Å². The van der Waals surface area contributed by atoms with Gasteiger partial charge in [-0.25, -0.2) is 8.78 Å². The maximum Gasteiger partial charge on any atom is 0.320 e. The number of esters is 1. The quantitative estimate of drug-likeness (QED) is 0.842. The molecule has 0 radical (unpaired) electrons. The van der Waals surface area contributed by atoms with Crippen LogP contribution in [0.4, 0.5) is 8.78 Å². The van der Waals surface area contributed by atoms with E-state index in [0.29, 0.717) is 5.56 Å². The lowest BCUT2D eigenvalue weighted by molar-refractivity contribution is -0.153. The first kappa shape index (κ1) is 14.6. The largest absolute Gasteiger partial charge is 0.459 e. The Morgan fingerprint density at radius 3 is 2.56 bits per heavy atom. The van der Waals surface area contributed by atoms with E-state index < -0.39 is 23.2 Å². The lowest BCUT2D eigenvalue weighted by Crippen LogP contribution is -2.31. The molecule has 1 N–H and O–H groups in total. The van der Waals surface area contributed by atoms with Crippen molar-refractivity contribution >= 4 is 5.97 Å². The predicted molar refractivity (Wildman–Crippen MR) is 63.9 cm³/mol. The minimum absolute atomic E-state index is 0.0198. The number of carbonyl (C=O) groups is 1. The van der Waals surface area contributed by atoms with Crippen LogP contribution in [0.5, 0.6) is 0 Å². The van der Waals surface area contributed by atoms with Crippen LogP contribution in [-0.2, 0) is 16.1 Å². The number of carbonyl (C=O) groups excluding carboxylic acids is 1. The van der Waals surface area contributed by atoms with Crippen molar-refractivity contribution in [2.75, 3.05) is 6.54 Å². The van der Waals surface area contributed by atoms with Crippen LogP contribution in [-0.4, -0.2) is 18.1 Å². The molecular formula is C13H17F2NO2. The minimum Gasteiger partial charge on any atom is -0.459 e. The zero-order chi connectivity index (χ0) is 13.8. The molecule has 0 unspecified atom stereocenters. The van der Waals surface area contributed by atoms with Gasteiger partial charge in [-0.1, -0.05) is 6.07 Å². The fourth-order valence-corrected chi connectivity index (χ4v) is 1.34. The van der Waals surface area contributed by atoms with E-state index in [-0.39, 0.29) is 13.1 Å². The smallest absolute Gasteiger partial charge is 0.320 e. The summed E-state index contributed by atoms with van der Waals surface area (Å²) in [4.78, 5) is 11.3. The number of nitrogens with one attached hydrogen (secondary N) is 1. The van der Waals surface area contributed by atoms with Crippen molar-refractivity contribution in [3.63, 3.8) is 0 Å². The molecule has 18 heavy (non-hydrogen) atoms. The summed E-state index contributed by atoms with van der Waals surface area (Å²) in [5, 5.41) is 2.75. The van der Waals surface area contributed by atoms with Gasteiger partial charge in [0.1, 0.15) is 17.2 Å². The van der Waals surface area contributed by atoms with E-state index in [0.717, 1.165) is 6.07 Å². The molecule has 0 atom stereocenters. The highest BCUT2D eigenvalue weighted by molar-refractivity contribution is 5.72. The lowest BCUT2D eigenvalue weighted by atomic mass is 10.2. The van der Waals surface area contributed by atoms with E-state index in [9.17, 15) is 13.6 Å². The Hall–Kier alpha value is -1.49. The van der Waals surface area contributed by atoms with E-state index in [2.05, 4.69) is 5.32 Å². The van der Waals surface area contributed by atoms with Gasteiger partial charge >= 0.3 is 5.97 Å². The Labute approximate surface area is 105 Å². The van der Waals surface area contributed by atoms with Crippen LogP contribution >= 0.6 is 0 Å². The maximum atomic E-state index is 13.2. The Balaban J connectivity index is 2.40. The van der Waals surface area contributed by atoms with Gasteiger partial charge in [0.05, 0.1) is 6.54 Å². The molecule has 0 saturated carbocycles. The third kappa shape index (κ3) is 5.23. The summed E-state index contributed by atoms with van der Waals surface area (Å²) in [5.41, 5.74) is -0.236. The van der Waals surface area contributed by atoms with Crippen molar-refractivity contribution in [2.45, 2.75) is 32.9 Å². The molecule has 1 aromatic rings. The molecule has 100 valence electrons. The summed E-state index contributed by atoms with van der Waals surface area (Å²) in [6, 6.07) is 3.32. The van der Waals surface area contributed by atoms with Gasteiger partial charge in [0.25, 0.3) is 0 Å². The van der Waals surface area contributed by atoms with Gasteiger partial charge < -0.3 is 10.1 Å². The molecule has 5 heteroatoms. The van der Waals surface area contributed by atoms with Crippen molar-refractivity contribution < 1.29 is 18.3 Å². The molecule has 0 spiro atoms. The minimum atomic E-state index is -0.633. The third-order valence-corrected chi connectivity index (χ3v) is 2.02. The number of ether oxygens (including phenoxy) is 1. The summed E-state index contributed by atoms with van der Waals surface area (Å²) in [5.74, 6) is -1.67. The first-order chi connectivity index (χ1) is 8.28. The van der Waals surface area contributed by atoms with Crippen molar-refractivity contribution in [3.05, 3.63) is 35.4 Å². The van der Waals surface area contributed by atoms with Crippen molar-refractivity contribution in [1.82, 2.24) is 5.32 Å². The molecule has 0 aliphatic rings. The van der Waals surface area contributed by atoms with Crippen molar-refractivity contribution in [3.8, 4) is 0 Å². The molecule has 0 fully saturated rings. The fourth-order valence-electron chi connectivity index (χ4n) is 1.34. The Morgan fingerprint density at radius 2 is 2.00 bits per heavy atom. The van der Waals surface area contributed by atoms with Crippen LogP contribution in [0.15, 0.2) is 18.2 Å².